The third-order valence-corrected chi connectivity index (χ3v) is 3.83. The molecule has 15 heavy (non-hydrogen) atoms. The standard InChI is InChI=1S/C14H22O/c1-4-11-6-5-7-12-13(10(2)3)8-15-9-14(11)12/h5,7,10-11,13H,4,6,8-9H2,1-3H3. The number of hydrogen-bond donors (Lipinski definition) is 0. The van der Waals surface area contributed by atoms with Crippen LogP contribution >= 0.6 is 0 Å². The molecule has 0 amide bonds. The quantitative estimate of drug-likeness (QED) is 0.671. The molecule has 0 aromatic rings. The van der Waals surface area contributed by atoms with Gasteiger partial charge in [-0.05, 0) is 35.8 Å². The number of ether oxygens (including phenoxy) is 1. The Morgan fingerprint density at radius 1 is 1.47 bits per heavy atom. The fourth-order valence-corrected chi connectivity index (χ4v) is 2.76. The molecule has 0 radical (unpaired) electrons. The first-order valence-corrected chi connectivity index (χ1v) is 6.21. The summed E-state index contributed by atoms with van der Waals surface area (Å²) in [5, 5.41) is 0. The lowest BCUT2D eigenvalue weighted by molar-refractivity contribution is 0.0897. The van der Waals surface area contributed by atoms with E-state index >= 15 is 0 Å². The predicted octanol–water partition coefficient (Wildman–Crippen LogP) is 3.57. The lowest BCUT2D eigenvalue weighted by Crippen LogP contribution is -2.29. The Bertz CT molecular complexity index is 286. The van der Waals surface area contributed by atoms with Gasteiger partial charge in [-0.3, -0.25) is 0 Å². The van der Waals surface area contributed by atoms with Crippen molar-refractivity contribution in [3.63, 3.8) is 0 Å². The summed E-state index contributed by atoms with van der Waals surface area (Å²) in [7, 11) is 0. The summed E-state index contributed by atoms with van der Waals surface area (Å²) in [6, 6.07) is 0. The van der Waals surface area contributed by atoms with Crippen molar-refractivity contribution < 1.29 is 4.74 Å². The van der Waals surface area contributed by atoms with Crippen LogP contribution in [0.5, 0.6) is 0 Å². The summed E-state index contributed by atoms with van der Waals surface area (Å²) in [5.74, 6) is 2.06. The third-order valence-electron chi connectivity index (χ3n) is 3.83. The zero-order chi connectivity index (χ0) is 10.8. The molecule has 0 spiro atoms. The first-order chi connectivity index (χ1) is 7.24. The van der Waals surface area contributed by atoms with Gasteiger partial charge >= 0.3 is 0 Å². The van der Waals surface area contributed by atoms with Crippen LogP contribution in [0.2, 0.25) is 0 Å². The van der Waals surface area contributed by atoms with Gasteiger partial charge in [0.2, 0.25) is 0 Å². The summed E-state index contributed by atoms with van der Waals surface area (Å²) in [6.45, 7) is 8.67. The molecule has 2 aliphatic rings. The predicted molar refractivity (Wildman–Crippen MR) is 63.7 cm³/mol. The molecular formula is C14H22O. The van der Waals surface area contributed by atoms with Gasteiger partial charge < -0.3 is 4.74 Å². The van der Waals surface area contributed by atoms with Crippen molar-refractivity contribution in [2.75, 3.05) is 13.2 Å². The molecule has 2 atom stereocenters. The van der Waals surface area contributed by atoms with Crippen LogP contribution in [-0.4, -0.2) is 13.2 Å². The number of allylic oxidation sites excluding steroid dienone is 2. The van der Waals surface area contributed by atoms with Crippen molar-refractivity contribution in [2.45, 2.75) is 33.6 Å². The average molecular weight is 206 g/mol. The van der Waals surface area contributed by atoms with Crippen LogP contribution in [-0.2, 0) is 4.74 Å². The molecular weight excluding hydrogens is 184 g/mol. The van der Waals surface area contributed by atoms with Gasteiger partial charge in [-0.2, -0.15) is 0 Å². The molecule has 1 aliphatic carbocycles. The molecule has 0 saturated heterocycles. The minimum atomic E-state index is 0.624. The Labute approximate surface area is 93.2 Å². The number of rotatable bonds is 2. The fourth-order valence-electron chi connectivity index (χ4n) is 2.76. The van der Waals surface area contributed by atoms with Crippen LogP contribution in [0.3, 0.4) is 0 Å². The largest absolute Gasteiger partial charge is 0.376 e. The molecule has 84 valence electrons. The van der Waals surface area contributed by atoms with Gasteiger partial charge in [-0.25, -0.2) is 0 Å². The van der Waals surface area contributed by atoms with E-state index in [-0.39, 0.29) is 0 Å². The highest BCUT2D eigenvalue weighted by Crippen LogP contribution is 2.37. The Morgan fingerprint density at radius 3 is 2.93 bits per heavy atom. The van der Waals surface area contributed by atoms with E-state index in [0.717, 1.165) is 19.1 Å². The summed E-state index contributed by atoms with van der Waals surface area (Å²) in [6.07, 6.45) is 7.17. The van der Waals surface area contributed by atoms with E-state index in [1.807, 2.05) is 0 Å². The van der Waals surface area contributed by atoms with Crippen LogP contribution in [0.1, 0.15) is 33.6 Å². The second-order valence-corrected chi connectivity index (χ2v) is 5.09. The van der Waals surface area contributed by atoms with Crippen molar-refractivity contribution in [1.29, 1.82) is 0 Å². The van der Waals surface area contributed by atoms with Crippen molar-refractivity contribution in [3.05, 3.63) is 23.3 Å². The first-order valence-electron chi connectivity index (χ1n) is 6.21. The Balaban J connectivity index is 2.30. The third kappa shape index (κ3) is 2.03. The smallest absolute Gasteiger partial charge is 0.0685 e. The van der Waals surface area contributed by atoms with Gasteiger partial charge in [0.25, 0.3) is 0 Å². The first kappa shape index (κ1) is 10.9. The SMILES string of the molecule is CCC1CC=CC2=C1COCC2C(C)C. The summed E-state index contributed by atoms with van der Waals surface area (Å²) in [4.78, 5) is 0. The molecule has 2 unspecified atom stereocenters. The van der Waals surface area contributed by atoms with E-state index in [1.54, 1.807) is 11.1 Å². The van der Waals surface area contributed by atoms with Gasteiger partial charge in [0.05, 0.1) is 13.2 Å². The molecule has 2 rings (SSSR count). The van der Waals surface area contributed by atoms with Crippen LogP contribution in [0.25, 0.3) is 0 Å². The lowest BCUT2D eigenvalue weighted by atomic mass is 9.76. The highest BCUT2D eigenvalue weighted by Gasteiger charge is 2.29. The van der Waals surface area contributed by atoms with Crippen molar-refractivity contribution in [3.8, 4) is 0 Å². The minimum Gasteiger partial charge on any atom is -0.376 e. The molecule has 0 fully saturated rings. The zero-order valence-electron chi connectivity index (χ0n) is 10.1. The molecule has 1 heteroatoms. The molecule has 0 saturated carbocycles. The van der Waals surface area contributed by atoms with Crippen LogP contribution in [0.4, 0.5) is 0 Å². The maximum absolute atomic E-state index is 5.75. The average Bonchev–Trinajstić information content (AvgIpc) is 2.27. The van der Waals surface area contributed by atoms with Gasteiger partial charge in [0.15, 0.2) is 0 Å². The number of hydrogen-bond acceptors (Lipinski definition) is 1. The van der Waals surface area contributed by atoms with E-state index in [1.165, 1.54) is 12.8 Å². The normalized spacial score (nSPS) is 30.9. The summed E-state index contributed by atoms with van der Waals surface area (Å²) < 4.78 is 5.75. The highest BCUT2D eigenvalue weighted by molar-refractivity contribution is 5.35. The van der Waals surface area contributed by atoms with Gasteiger partial charge in [-0.15, -0.1) is 0 Å². The maximum Gasteiger partial charge on any atom is 0.0685 e. The van der Waals surface area contributed by atoms with E-state index < -0.39 is 0 Å². The molecule has 0 aromatic heterocycles. The second kappa shape index (κ2) is 4.52. The molecule has 0 N–H and O–H groups in total. The Hall–Kier alpha value is -0.560. The Kier molecular flexibility index (Phi) is 3.30. The second-order valence-electron chi connectivity index (χ2n) is 5.09. The molecule has 1 aliphatic heterocycles. The Morgan fingerprint density at radius 2 is 2.27 bits per heavy atom. The lowest BCUT2D eigenvalue weighted by Gasteiger charge is -2.35. The van der Waals surface area contributed by atoms with E-state index in [4.69, 9.17) is 4.74 Å². The molecule has 0 bridgehead atoms. The van der Waals surface area contributed by atoms with Crippen LogP contribution in [0, 0.1) is 17.8 Å². The van der Waals surface area contributed by atoms with Crippen molar-refractivity contribution in [1.82, 2.24) is 0 Å². The van der Waals surface area contributed by atoms with E-state index in [0.29, 0.717) is 11.8 Å². The fraction of sp³-hybridized carbons (Fsp3) is 0.714. The molecule has 0 aromatic carbocycles. The topological polar surface area (TPSA) is 9.23 Å². The minimum absolute atomic E-state index is 0.624. The molecule has 1 nitrogen and oxygen atoms in total. The molecule has 1 heterocycles. The van der Waals surface area contributed by atoms with Gasteiger partial charge in [0, 0.05) is 5.92 Å². The van der Waals surface area contributed by atoms with E-state index in [9.17, 15) is 0 Å². The highest BCUT2D eigenvalue weighted by atomic mass is 16.5. The summed E-state index contributed by atoms with van der Waals surface area (Å²) in [5.41, 5.74) is 3.18. The summed E-state index contributed by atoms with van der Waals surface area (Å²) >= 11 is 0. The van der Waals surface area contributed by atoms with E-state index in [2.05, 4.69) is 32.9 Å². The maximum atomic E-state index is 5.75. The van der Waals surface area contributed by atoms with Gasteiger partial charge in [-0.1, -0.05) is 32.9 Å². The van der Waals surface area contributed by atoms with Crippen LogP contribution < -0.4 is 0 Å². The zero-order valence-corrected chi connectivity index (χ0v) is 10.1. The van der Waals surface area contributed by atoms with Crippen molar-refractivity contribution in [2.24, 2.45) is 17.8 Å². The van der Waals surface area contributed by atoms with Gasteiger partial charge in [0.1, 0.15) is 0 Å². The van der Waals surface area contributed by atoms with Crippen molar-refractivity contribution >= 4 is 0 Å². The van der Waals surface area contributed by atoms with Crippen LogP contribution in [0.15, 0.2) is 23.3 Å². The monoisotopic (exact) mass is 206 g/mol.